The number of carbonyl (C=O) groups is 1. The Kier molecular flexibility index (Phi) is 4.70. The number of nitrogens with one attached hydrogen (secondary N) is 1. The van der Waals surface area contributed by atoms with Crippen molar-refractivity contribution in [3.05, 3.63) is 62.0 Å². The van der Waals surface area contributed by atoms with Gasteiger partial charge in [0.05, 0.1) is 17.3 Å². The third-order valence-electron chi connectivity index (χ3n) is 4.52. The first-order valence-corrected chi connectivity index (χ1v) is 9.08. The van der Waals surface area contributed by atoms with Crippen LogP contribution in [0.25, 0.3) is 5.70 Å². The molecule has 1 aliphatic rings. The summed E-state index contributed by atoms with van der Waals surface area (Å²) in [5.41, 5.74) is 1.74. The third kappa shape index (κ3) is 3.40. The molecule has 27 heavy (non-hydrogen) atoms. The van der Waals surface area contributed by atoms with E-state index in [-0.39, 0.29) is 17.2 Å². The zero-order valence-electron chi connectivity index (χ0n) is 15.4. The van der Waals surface area contributed by atoms with E-state index >= 15 is 0 Å². The Morgan fingerprint density at radius 2 is 2.04 bits per heavy atom. The summed E-state index contributed by atoms with van der Waals surface area (Å²) in [6, 6.07) is 8.80. The predicted molar refractivity (Wildman–Crippen MR) is 107 cm³/mol. The first-order chi connectivity index (χ1) is 12.6. The molecule has 3 rings (SSSR count). The molecular formula is C20H18BrN3O3. The van der Waals surface area contributed by atoms with Crippen LogP contribution in [0.15, 0.2) is 45.3 Å². The number of aromatic nitrogens is 1. The van der Waals surface area contributed by atoms with E-state index in [9.17, 15) is 14.9 Å². The number of rotatable bonds is 2. The number of ether oxygens (including phenoxy) is 1. The van der Waals surface area contributed by atoms with Crippen molar-refractivity contribution < 1.29 is 9.53 Å². The first kappa shape index (κ1) is 18.9. The SMILES string of the molecule is CC(=O)Nc1cc(Br)cn(C2=C(C)C(C)(C)Oc3ccc(C#N)cc32)c1=O. The second-order valence-electron chi connectivity index (χ2n) is 6.84. The summed E-state index contributed by atoms with van der Waals surface area (Å²) in [6.45, 7) is 7.08. The number of carbonyl (C=O) groups excluding carboxylic acids is 1. The van der Waals surface area contributed by atoms with Gasteiger partial charge in [-0.15, -0.1) is 0 Å². The molecule has 0 spiro atoms. The van der Waals surface area contributed by atoms with E-state index in [4.69, 9.17) is 4.74 Å². The molecule has 1 N–H and O–H groups in total. The van der Waals surface area contributed by atoms with Crippen LogP contribution in [0.4, 0.5) is 5.69 Å². The highest BCUT2D eigenvalue weighted by molar-refractivity contribution is 9.10. The van der Waals surface area contributed by atoms with Gasteiger partial charge in [0.15, 0.2) is 0 Å². The first-order valence-electron chi connectivity index (χ1n) is 8.29. The number of hydrogen-bond acceptors (Lipinski definition) is 4. The topological polar surface area (TPSA) is 84.1 Å². The Bertz CT molecular complexity index is 1090. The van der Waals surface area contributed by atoms with Gasteiger partial charge in [-0.3, -0.25) is 14.2 Å². The fourth-order valence-corrected chi connectivity index (χ4v) is 3.45. The van der Waals surface area contributed by atoms with Crippen LogP contribution in [0.1, 0.15) is 38.8 Å². The van der Waals surface area contributed by atoms with Crippen LogP contribution in [0, 0.1) is 11.3 Å². The van der Waals surface area contributed by atoms with Gasteiger partial charge in [-0.25, -0.2) is 0 Å². The molecular weight excluding hydrogens is 410 g/mol. The van der Waals surface area contributed by atoms with Crippen molar-refractivity contribution in [2.24, 2.45) is 0 Å². The summed E-state index contributed by atoms with van der Waals surface area (Å²) in [4.78, 5) is 24.5. The molecule has 2 aromatic rings. The number of fused-ring (bicyclic) bond motifs is 1. The molecule has 0 aliphatic carbocycles. The van der Waals surface area contributed by atoms with Crippen molar-refractivity contribution in [1.82, 2.24) is 4.57 Å². The fraction of sp³-hybridized carbons (Fsp3) is 0.250. The molecule has 0 atom stereocenters. The summed E-state index contributed by atoms with van der Waals surface area (Å²) < 4.78 is 8.20. The summed E-state index contributed by atoms with van der Waals surface area (Å²) in [5.74, 6) is 0.259. The van der Waals surface area contributed by atoms with Crippen LogP contribution in [0.5, 0.6) is 5.75 Å². The average Bonchev–Trinajstić information content (AvgIpc) is 2.58. The third-order valence-corrected chi connectivity index (χ3v) is 4.96. The summed E-state index contributed by atoms with van der Waals surface area (Å²) in [7, 11) is 0. The maximum Gasteiger partial charge on any atom is 0.278 e. The van der Waals surface area contributed by atoms with Crippen LogP contribution in [-0.4, -0.2) is 16.1 Å². The highest BCUT2D eigenvalue weighted by atomic mass is 79.9. The number of anilines is 1. The molecule has 6 nitrogen and oxygen atoms in total. The van der Waals surface area contributed by atoms with Crippen molar-refractivity contribution in [3.8, 4) is 11.8 Å². The Balaban J connectivity index is 2.36. The van der Waals surface area contributed by atoms with Crippen LogP contribution in [0.3, 0.4) is 0 Å². The Morgan fingerprint density at radius 3 is 2.67 bits per heavy atom. The molecule has 7 heteroatoms. The van der Waals surface area contributed by atoms with Gasteiger partial charge in [-0.05, 0) is 66.5 Å². The van der Waals surface area contributed by atoms with Crippen molar-refractivity contribution in [1.29, 1.82) is 5.26 Å². The number of amides is 1. The van der Waals surface area contributed by atoms with Crippen LogP contribution in [-0.2, 0) is 4.79 Å². The monoisotopic (exact) mass is 427 g/mol. The second kappa shape index (κ2) is 6.71. The van der Waals surface area contributed by atoms with E-state index in [1.165, 1.54) is 11.5 Å². The summed E-state index contributed by atoms with van der Waals surface area (Å²) >= 11 is 3.40. The molecule has 0 saturated heterocycles. The maximum atomic E-state index is 13.1. The lowest BCUT2D eigenvalue weighted by Gasteiger charge is -2.36. The molecule has 1 aliphatic heterocycles. The molecule has 0 saturated carbocycles. The van der Waals surface area contributed by atoms with E-state index in [1.54, 1.807) is 30.5 Å². The molecule has 0 fully saturated rings. The molecule has 1 aromatic carbocycles. The number of nitriles is 1. The zero-order chi connectivity index (χ0) is 19.9. The van der Waals surface area contributed by atoms with Crippen molar-refractivity contribution in [2.45, 2.75) is 33.3 Å². The van der Waals surface area contributed by atoms with Gasteiger partial charge >= 0.3 is 0 Å². The van der Waals surface area contributed by atoms with Gasteiger partial charge in [0.1, 0.15) is 17.0 Å². The molecule has 138 valence electrons. The van der Waals surface area contributed by atoms with Gasteiger partial charge in [-0.1, -0.05) is 0 Å². The second-order valence-corrected chi connectivity index (χ2v) is 7.75. The van der Waals surface area contributed by atoms with Crippen LogP contribution in [0.2, 0.25) is 0 Å². The van der Waals surface area contributed by atoms with Crippen molar-refractivity contribution >= 4 is 33.2 Å². The molecule has 0 unspecified atom stereocenters. The Hall–Kier alpha value is -2.85. The standard InChI is InChI=1S/C20H18BrN3O3/c1-11-18(24-10-14(21)8-16(19(24)26)23-12(2)25)15-7-13(9-22)5-6-17(15)27-20(11,3)4/h5-8,10H,1-4H3,(H,23,25). The number of pyridine rings is 1. The Morgan fingerprint density at radius 1 is 1.33 bits per heavy atom. The molecule has 1 amide bonds. The Labute approximate surface area is 165 Å². The minimum atomic E-state index is -0.646. The van der Waals surface area contributed by atoms with E-state index in [0.29, 0.717) is 27.0 Å². The summed E-state index contributed by atoms with van der Waals surface area (Å²) in [5, 5.41) is 11.8. The number of nitrogens with zero attached hydrogens (tertiary/aromatic N) is 2. The van der Waals surface area contributed by atoms with Crippen molar-refractivity contribution in [2.75, 3.05) is 5.32 Å². The minimum Gasteiger partial charge on any atom is -0.483 e. The lowest BCUT2D eigenvalue weighted by Crippen LogP contribution is -2.36. The van der Waals surface area contributed by atoms with Crippen LogP contribution >= 0.6 is 15.9 Å². The quantitative estimate of drug-likeness (QED) is 0.787. The largest absolute Gasteiger partial charge is 0.483 e. The highest BCUT2D eigenvalue weighted by Crippen LogP contribution is 2.41. The van der Waals surface area contributed by atoms with Gasteiger partial charge in [0.2, 0.25) is 5.91 Å². The summed E-state index contributed by atoms with van der Waals surface area (Å²) in [6.07, 6.45) is 1.65. The number of hydrogen-bond donors (Lipinski definition) is 1. The normalized spacial score (nSPS) is 14.8. The van der Waals surface area contributed by atoms with Gasteiger partial charge in [0.25, 0.3) is 5.56 Å². The molecule has 0 radical (unpaired) electrons. The van der Waals surface area contributed by atoms with Gasteiger partial charge in [0, 0.05) is 23.2 Å². The average molecular weight is 428 g/mol. The molecule has 2 heterocycles. The van der Waals surface area contributed by atoms with E-state index < -0.39 is 5.60 Å². The highest BCUT2D eigenvalue weighted by Gasteiger charge is 2.34. The zero-order valence-corrected chi connectivity index (χ0v) is 17.0. The van der Waals surface area contributed by atoms with Gasteiger partial charge < -0.3 is 10.1 Å². The lowest BCUT2D eigenvalue weighted by atomic mass is 9.90. The van der Waals surface area contributed by atoms with Crippen LogP contribution < -0.4 is 15.6 Å². The molecule has 1 aromatic heterocycles. The minimum absolute atomic E-state index is 0.166. The molecule has 0 bridgehead atoms. The van der Waals surface area contributed by atoms with E-state index in [2.05, 4.69) is 27.3 Å². The lowest BCUT2D eigenvalue weighted by molar-refractivity contribution is -0.114. The van der Waals surface area contributed by atoms with E-state index in [1.807, 2.05) is 20.8 Å². The smallest absolute Gasteiger partial charge is 0.278 e. The maximum absolute atomic E-state index is 13.1. The van der Waals surface area contributed by atoms with E-state index in [0.717, 1.165) is 5.57 Å². The predicted octanol–water partition coefficient (Wildman–Crippen LogP) is 3.89. The number of benzene rings is 1. The van der Waals surface area contributed by atoms with Crippen molar-refractivity contribution in [3.63, 3.8) is 0 Å². The fourth-order valence-electron chi connectivity index (χ4n) is 3.02. The van der Waals surface area contributed by atoms with Gasteiger partial charge in [-0.2, -0.15) is 5.26 Å². The number of halogens is 1.